The molecule has 110 valence electrons. The normalized spacial score (nSPS) is 12.0. The van der Waals surface area contributed by atoms with Crippen molar-refractivity contribution in [3.8, 4) is 11.1 Å². The van der Waals surface area contributed by atoms with Crippen LogP contribution in [0.2, 0.25) is 5.02 Å². The van der Waals surface area contributed by atoms with Gasteiger partial charge in [-0.15, -0.1) is 0 Å². The molecule has 0 aliphatic rings. The molecule has 2 rings (SSSR count). The molecule has 0 aliphatic heterocycles. The highest BCUT2D eigenvalue weighted by Gasteiger charge is 2.15. The average Bonchev–Trinajstić information content (AvgIpc) is 2.48. The molecule has 0 bridgehead atoms. The van der Waals surface area contributed by atoms with Gasteiger partial charge < -0.3 is 10.5 Å². The van der Waals surface area contributed by atoms with Gasteiger partial charge in [0.25, 0.3) is 0 Å². The quantitative estimate of drug-likeness (QED) is 0.861. The smallest absolute Gasteiger partial charge is 0.323 e. The second-order valence-electron chi connectivity index (χ2n) is 4.77. The summed E-state index contributed by atoms with van der Waals surface area (Å²) in [6.45, 7) is 2.11. The molecule has 0 aliphatic carbocycles. The van der Waals surface area contributed by atoms with Crippen LogP contribution in [0.5, 0.6) is 0 Å². The van der Waals surface area contributed by atoms with E-state index in [0.29, 0.717) is 18.1 Å². The molecule has 2 N–H and O–H groups in total. The van der Waals surface area contributed by atoms with Crippen molar-refractivity contribution < 1.29 is 9.53 Å². The van der Waals surface area contributed by atoms with E-state index in [1.54, 1.807) is 6.92 Å². The van der Waals surface area contributed by atoms with Gasteiger partial charge in [-0.1, -0.05) is 48.0 Å². The summed E-state index contributed by atoms with van der Waals surface area (Å²) >= 11 is 6.01. The zero-order chi connectivity index (χ0) is 15.2. The highest BCUT2D eigenvalue weighted by atomic mass is 35.5. The van der Waals surface area contributed by atoms with Crippen molar-refractivity contribution in [2.24, 2.45) is 5.73 Å². The Morgan fingerprint density at radius 1 is 1.19 bits per heavy atom. The van der Waals surface area contributed by atoms with Crippen LogP contribution in [0.15, 0.2) is 48.5 Å². The molecule has 0 fully saturated rings. The lowest BCUT2D eigenvalue weighted by molar-refractivity contribution is -0.144. The number of esters is 1. The van der Waals surface area contributed by atoms with E-state index >= 15 is 0 Å². The topological polar surface area (TPSA) is 52.3 Å². The molecule has 21 heavy (non-hydrogen) atoms. The highest BCUT2D eigenvalue weighted by Crippen LogP contribution is 2.23. The van der Waals surface area contributed by atoms with E-state index in [2.05, 4.69) is 0 Å². The predicted octanol–water partition coefficient (Wildman–Crippen LogP) is 3.44. The van der Waals surface area contributed by atoms with Crippen LogP contribution in [0.3, 0.4) is 0 Å². The molecule has 0 heterocycles. The Balaban J connectivity index is 2.16. The van der Waals surface area contributed by atoms with Gasteiger partial charge in [0.15, 0.2) is 0 Å². The first kappa shape index (κ1) is 15.5. The number of nitrogens with two attached hydrogens (primary N) is 1. The van der Waals surface area contributed by atoms with Gasteiger partial charge in [-0.3, -0.25) is 4.79 Å². The van der Waals surface area contributed by atoms with Gasteiger partial charge >= 0.3 is 5.97 Å². The van der Waals surface area contributed by atoms with Crippen molar-refractivity contribution in [2.75, 3.05) is 6.61 Å². The fourth-order valence-corrected chi connectivity index (χ4v) is 2.32. The number of hydrogen-bond acceptors (Lipinski definition) is 3. The molecule has 0 amide bonds. The maximum Gasteiger partial charge on any atom is 0.323 e. The Morgan fingerprint density at radius 3 is 2.52 bits per heavy atom. The maximum absolute atomic E-state index is 11.6. The van der Waals surface area contributed by atoms with E-state index in [1.165, 1.54) is 0 Å². The van der Waals surface area contributed by atoms with Gasteiger partial charge in [0, 0.05) is 5.02 Å². The molecular formula is C17H18ClNO2. The van der Waals surface area contributed by atoms with Gasteiger partial charge in [-0.25, -0.2) is 0 Å². The Kier molecular flexibility index (Phi) is 5.37. The Labute approximate surface area is 129 Å². The maximum atomic E-state index is 11.6. The van der Waals surface area contributed by atoms with Crippen molar-refractivity contribution in [3.05, 3.63) is 59.1 Å². The van der Waals surface area contributed by atoms with Crippen molar-refractivity contribution in [2.45, 2.75) is 19.4 Å². The minimum atomic E-state index is -0.639. The minimum Gasteiger partial charge on any atom is -0.465 e. The molecule has 2 aromatic rings. The largest absolute Gasteiger partial charge is 0.465 e. The number of carbonyl (C=O) groups excluding carboxylic acids is 1. The van der Waals surface area contributed by atoms with Crippen molar-refractivity contribution >= 4 is 17.6 Å². The van der Waals surface area contributed by atoms with E-state index in [-0.39, 0.29) is 5.97 Å². The summed E-state index contributed by atoms with van der Waals surface area (Å²) in [5.74, 6) is -0.370. The first-order chi connectivity index (χ1) is 10.1. The van der Waals surface area contributed by atoms with E-state index in [4.69, 9.17) is 22.1 Å². The molecule has 0 radical (unpaired) electrons. The van der Waals surface area contributed by atoms with Crippen LogP contribution in [-0.4, -0.2) is 18.6 Å². The molecule has 1 atom stereocenters. The van der Waals surface area contributed by atoms with E-state index in [0.717, 1.165) is 16.7 Å². The van der Waals surface area contributed by atoms with E-state index in [9.17, 15) is 4.79 Å². The van der Waals surface area contributed by atoms with Crippen LogP contribution < -0.4 is 5.73 Å². The van der Waals surface area contributed by atoms with Gasteiger partial charge in [0.1, 0.15) is 6.04 Å². The van der Waals surface area contributed by atoms with E-state index < -0.39 is 6.04 Å². The molecular weight excluding hydrogens is 286 g/mol. The number of hydrogen-bond donors (Lipinski definition) is 1. The fraction of sp³-hybridized carbons (Fsp3) is 0.235. The monoisotopic (exact) mass is 303 g/mol. The summed E-state index contributed by atoms with van der Waals surface area (Å²) in [6.07, 6.45) is 0.452. The van der Waals surface area contributed by atoms with Crippen LogP contribution in [0.4, 0.5) is 0 Å². The molecule has 3 nitrogen and oxygen atoms in total. The Morgan fingerprint density at radius 2 is 1.86 bits per heavy atom. The molecule has 4 heteroatoms. The SMILES string of the molecule is CCOC(=O)[C@H](N)Cc1cccc(-c2cccc(Cl)c2)c1. The standard InChI is InChI=1S/C17H18ClNO2/c1-2-21-17(20)16(19)10-12-5-3-6-13(9-12)14-7-4-8-15(18)11-14/h3-9,11,16H,2,10,19H2,1H3/t16-/m1/s1. The summed E-state index contributed by atoms with van der Waals surface area (Å²) < 4.78 is 4.93. The van der Waals surface area contributed by atoms with E-state index in [1.807, 2.05) is 48.5 Å². The number of carbonyl (C=O) groups is 1. The third kappa shape index (κ3) is 4.31. The van der Waals surface area contributed by atoms with Crippen LogP contribution >= 0.6 is 11.6 Å². The Hall–Kier alpha value is -1.84. The Bertz CT molecular complexity index is 628. The van der Waals surface area contributed by atoms with Gasteiger partial charge in [0.05, 0.1) is 6.61 Å². The second-order valence-corrected chi connectivity index (χ2v) is 5.21. The lowest BCUT2D eigenvalue weighted by Crippen LogP contribution is -2.34. The van der Waals surface area contributed by atoms with Crippen LogP contribution in [0.1, 0.15) is 12.5 Å². The summed E-state index contributed by atoms with van der Waals surface area (Å²) in [7, 11) is 0. The number of benzene rings is 2. The first-order valence-electron chi connectivity index (χ1n) is 6.87. The average molecular weight is 304 g/mol. The lowest BCUT2D eigenvalue weighted by atomic mass is 10.00. The number of rotatable bonds is 5. The molecule has 0 spiro atoms. The number of ether oxygens (including phenoxy) is 1. The van der Waals surface area contributed by atoms with Crippen LogP contribution in [-0.2, 0) is 16.0 Å². The van der Waals surface area contributed by atoms with Crippen LogP contribution in [0.25, 0.3) is 11.1 Å². The summed E-state index contributed by atoms with van der Waals surface area (Å²) in [6, 6.07) is 14.9. The van der Waals surface area contributed by atoms with Crippen molar-refractivity contribution in [3.63, 3.8) is 0 Å². The fourth-order valence-electron chi connectivity index (χ4n) is 2.13. The van der Waals surface area contributed by atoms with Gasteiger partial charge in [0.2, 0.25) is 0 Å². The van der Waals surface area contributed by atoms with Crippen molar-refractivity contribution in [1.29, 1.82) is 0 Å². The van der Waals surface area contributed by atoms with Crippen molar-refractivity contribution in [1.82, 2.24) is 0 Å². The van der Waals surface area contributed by atoms with Gasteiger partial charge in [-0.2, -0.15) is 0 Å². The third-order valence-corrected chi connectivity index (χ3v) is 3.36. The van der Waals surface area contributed by atoms with Gasteiger partial charge in [-0.05, 0) is 42.2 Å². The summed E-state index contributed by atoms with van der Waals surface area (Å²) in [4.78, 5) is 11.6. The molecule has 0 saturated heterocycles. The second kappa shape index (κ2) is 7.25. The number of halogens is 1. The molecule has 0 saturated carbocycles. The first-order valence-corrected chi connectivity index (χ1v) is 7.25. The third-order valence-electron chi connectivity index (χ3n) is 3.13. The molecule has 0 unspecified atom stereocenters. The highest BCUT2D eigenvalue weighted by molar-refractivity contribution is 6.30. The zero-order valence-corrected chi connectivity index (χ0v) is 12.6. The predicted molar refractivity (Wildman–Crippen MR) is 85.2 cm³/mol. The molecule has 0 aromatic heterocycles. The minimum absolute atomic E-state index is 0.342. The van der Waals surface area contributed by atoms with Crippen LogP contribution in [0, 0.1) is 0 Å². The molecule has 2 aromatic carbocycles. The summed E-state index contributed by atoms with van der Waals surface area (Å²) in [5, 5.41) is 0.695. The zero-order valence-electron chi connectivity index (χ0n) is 11.9. The summed E-state index contributed by atoms with van der Waals surface area (Å²) in [5.41, 5.74) is 8.93. The lowest BCUT2D eigenvalue weighted by Gasteiger charge is -2.11.